The van der Waals surface area contributed by atoms with Gasteiger partial charge in [-0.25, -0.2) is 0 Å². The zero-order valence-electron chi connectivity index (χ0n) is 9.04. The first kappa shape index (κ1) is 12.7. The van der Waals surface area contributed by atoms with Crippen LogP contribution in [0.1, 0.15) is 4.88 Å². The van der Waals surface area contributed by atoms with Gasteiger partial charge in [0.15, 0.2) is 0 Å². The van der Waals surface area contributed by atoms with Gasteiger partial charge in [0.2, 0.25) is 0 Å². The molecule has 18 heavy (non-hydrogen) atoms. The second-order valence-electron chi connectivity index (χ2n) is 3.34. The molecule has 0 saturated carbocycles. The molecule has 1 heterocycles. The maximum Gasteiger partial charge on any atom is 0.269 e. The number of nitrogens with zero attached hydrogens (tertiary/aromatic N) is 2. The molecule has 0 saturated heterocycles. The summed E-state index contributed by atoms with van der Waals surface area (Å²) < 4.78 is 1.02. The molecule has 7 heteroatoms. The maximum absolute atomic E-state index is 10.5. The summed E-state index contributed by atoms with van der Waals surface area (Å²) in [7, 11) is 0. The minimum atomic E-state index is -0.434. The molecule has 0 aliphatic rings. The minimum absolute atomic E-state index is 0.0618. The summed E-state index contributed by atoms with van der Waals surface area (Å²) >= 11 is 4.92. The fourth-order valence-electron chi connectivity index (χ4n) is 1.22. The van der Waals surface area contributed by atoms with E-state index in [-0.39, 0.29) is 5.69 Å². The Balaban J connectivity index is 1.98. The molecule has 0 aliphatic carbocycles. The van der Waals surface area contributed by atoms with Crippen LogP contribution in [0.3, 0.4) is 0 Å². The van der Waals surface area contributed by atoms with E-state index >= 15 is 0 Å². The highest BCUT2D eigenvalue weighted by atomic mass is 79.9. The number of hydrogen-bond donors (Lipinski definition) is 1. The van der Waals surface area contributed by atoms with Gasteiger partial charge in [-0.1, -0.05) is 0 Å². The Morgan fingerprint density at radius 1 is 1.39 bits per heavy atom. The molecule has 0 atom stereocenters. The van der Waals surface area contributed by atoms with Gasteiger partial charge in [-0.2, -0.15) is 5.10 Å². The summed E-state index contributed by atoms with van der Waals surface area (Å²) in [6, 6.07) is 8.03. The van der Waals surface area contributed by atoms with E-state index in [1.54, 1.807) is 29.7 Å². The van der Waals surface area contributed by atoms with E-state index in [2.05, 4.69) is 26.5 Å². The van der Waals surface area contributed by atoms with Crippen LogP contribution >= 0.6 is 27.3 Å². The van der Waals surface area contributed by atoms with Crippen LogP contribution in [0.2, 0.25) is 0 Å². The number of nitro groups is 1. The molecule has 1 aromatic carbocycles. The Kier molecular flexibility index (Phi) is 4.06. The van der Waals surface area contributed by atoms with Crippen molar-refractivity contribution in [1.82, 2.24) is 0 Å². The van der Waals surface area contributed by atoms with E-state index in [0.29, 0.717) is 5.69 Å². The van der Waals surface area contributed by atoms with Gasteiger partial charge in [0.05, 0.1) is 16.8 Å². The molecule has 1 aromatic heterocycles. The molecule has 0 fully saturated rings. The van der Waals surface area contributed by atoms with E-state index < -0.39 is 4.92 Å². The topological polar surface area (TPSA) is 67.5 Å². The highest BCUT2D eigenvalue weighted by molar-refractivity contribution is 9.10. The summed E-state index contributed by atoms with van der Waals surface area (Å²) in [6.45, 7) is 0. The number of nitrogens with one attached hydrogen (secondary N) is 1. The minimum Gasteiger partial charge on any atom is -0.278 e. The van der Waals surface area contributed by atoms with Gasteiger partial charge in [-0.05, 0) is 34.1 Å². The molecule has 5 nitrogen and oxygen atoms in total. The number of nitro benzene ring substituents is 1. The number of halogens is 1. The molecule has 1 N–H and O–H groups in total. The molecule has 92 valence electrons. The average molecular weight is 326 g/mol. The third kappa shape index (κ3) is 3.38. The normalized spacial score (nSPS) is 10.7. The largest absolute Gasteiger partial charge is 0.278 e. The van der Waals surface area contributed by atoms with Gasteiger partial charge in [0.25, 0.3) is 5.69 Å². The van der Waals surface area contributed by atoms with Crippen molar-refractivity contribution >= 4 is 44.9 Å². The molecular weight excluding hydrogens is 318 g/mol. The number of benzene rings is 1. The zero-order chi connectivity index (χ0) is 13.0. The summed E-state index contributed by atoms with van der Waals surface area (Å²) in [4.78, 5) is 11.0. The molecule has 0 spiro atoms. The Morgan fingerprint density at radius 2 is 2.11 bits per heavy atom. The van der Waals surface area contributed by atoms with Crippen LogP contribution in [0.5, 0.6) is 0 Å². The molecular formula is C11H8BrN3O2S. The van der Waals surface area contributed by atoms with Crippen molar-refractivity contribution in [3.05, 3.63) is 55.2 Å². The number of thiophene rings is 1. The monoisotopic (exact) mass is 325 g/mol. The van der Waals surface area contributed by atoms with E-state index in [4.69, 9.17) is 0 Å². The summed E-state index contributed by atoms with van der Waals surface area (Å²) in [5.74, 6) is 0. The van der Waals surface area contributed by atoms with E-state index in [0.717, 1.165) is 9.35 Å². The smallest absolute Gasteiger partial charge is 0.269 e. The van der Waals surface area contributed by atoms with Crippen molar-refractivity contribution in [1.29, 1.82) is 0 Å². The van der Waals surface area contributed by atoms with Crippen molar-refractivity contribution in [2.24, 2.45) is 5.10 Å². The third-order valence-corrected chi connectivity index (χ3v) is 3.68. The van der Waals surface area contributed by atoms with Crippen LogP contribution in [0.15, 0.2) is 45.3 Å². The van der Waals surface area contributed by atoms with Crippen LogP contribution in [0.4, 0.5) is 11.4 Å². The number of anilines is 1. The van der Waals surface area contributed by atoms with Crippen molar-refractivity contribution in [2.75, 3.05) is 5.43 Å². The number of rotatable bonds is 4. The first-order chi connectivity index (χ1) is 8.65. The Bertz CT molecular complexity index is 580. The van der Waals surface area contributed by atoms with Crippen LogP contribution in [-0.4, -0.2) is 11.1 Å². The van der Waals surface area contributed by atoms with Crippen molar-refractivity contribution < 1.29 is 4.92 Å². The number of non-ortho nitro benzene ring substituents is 1. The van der Waals surface area contributed by atoms with Crippen LogP contribution < -0.4 is 5.43 Å². The zero-order valence-corrected chi connectivity index (χ0v) is 11.4. The van der Waals surface area contributed by atoms with Crippen LogP contribution in [-0.2, 0) is 0 Å². The molecule has 0 radical (unpaired) electrons. The number of hydrazone groups is 1. The van der Waals surface area contributed by atoms with Crippen molar-refractivity contribution in [2.45, 2.75) is 0 Å². The Hall–Kier alpha value is -1.73. The molecule has 0 bridgehead atoms. The SMILES string of the molecule is O=[N+]([O-])c1ccc(N/N=C/c2cc(Br)cs2)cc1. The predicted molar refractivity (Wildman–Crippen MR) is 76.3 cm³/mol. The van der Waals surface area contributed by atoms with E-state index in [9.17, 15) is 10.1 Å². The van der Waals surface area contributed by atoms with E-state index in [1.807, 2.05) is 11.4 Å². The molecule has 2 rings (SSSR count). The Labute approximate surface area is 115 Å². The lowest BCUT2D eigenvalue weighted by atomic mass is 10.3. The lowest BCUT2D eigenvalue weighted by Crippen LogP contribution is -1.91. The van der Waals surface area contributed by atoms with Crippen LogP contribution in [0.25, 0.3) is 0 Å². The third-order valence-electron chi connectivity index (χ3n) is 2.05. The molecule has 0 amide bonds. The first-order valence-electron chi connectivity index (χ1n) is 4.93. The van der Waals surface area contributed by atoms with Crippen molar-refractivity contribution in [3.63, 3.8) is 0 Å². The van der Waals surface area contributed by atoms with Gasteiger partial charge in [-0.3, -0.25) is 15.5 Å². The van der Waals surface area contributed by atoms with Gasteiger partial charge in [0.1, 0.15) is 0 Å². The van der Waals surface area contributed by atoms with E-state index in [1.165, 1.54) is 12.1 Å². The van der Waals surface area contributed by atoms with Gasteiger partial charge in [0, 0.05) is 26.9 Å². The fraction of sp³-hybridized carbons (Fsp3) is 0. The molecule has 0 unspecified atom stereocenters. The summed E-state index contributed by atoms with van der Waals surface area (Å²) in [6.07, 6.45) is 1.69. The Morgan fingerprint density at radius 3 is 2.67 bits per heavy atom. The second-order valence-corrected chi connectivity index (χ2v) is 5.20. The lowest BCUT2D eigenvalue weighted by Gasteiger charge is -1.98. The summed E-state index contributed by atoms with van der Waals surface area (Å²) in [5.41, 5.74) is 3.57. The maximum atomic E-state index is 10.5. The average Bonchev–Trinajstić information content (AvgIpc) is 2.76. The van der Waals surface area contributed by atoms with Crippen LogP contribution in [0, 0.1) is 10.1 Å². The van der Waals surface area contributed by atoms with Crippen molar-refractivity contribution in [3.8, 4) is 0 Å². The predicted octanol–water partition coefficient (Wildman–Crippen LogP) is 3.86. The second kappa shape index (κ2) is 5.74. The standard InChI is InChI=1S/C11H8BrN3O2S/c12-8-5-11(18-7-8)6-13-14-9-1-3-10(4-2-9)15(16)17/h1-7,14H/b13-6+. The summed E-state index contributed by atoms with van der Waals surface area (Å²) in [5, 5.41) is 16.5. The molecule has 0 aliphatic heterocycles. The van der Waals surface area contributed by atoms with Gasteiger partial charge >= 0.3 is 0 Å². The van der Waals surface area contributed by atoms with Gasteiger partial charge in [-0.15, -0.1) is 11.3 Å². The number of hydrogen-bond acceptors (Lipinski definition) is 5. The first-order valence-corrected chi connectivity index (χ1v) is 6.60. The molecule has 2 aromatic rings. The fourth-order valence-corrected chi connectivity index (χ4v) is 2.53. The highest BCUT2D eigenvalue weighted by Crippen LogP contribution is 2.18. The lowest BCUT2D eigenvalue weighted by molar-refractivity contribution is -0.384. The highest BCUT2D eigenvalue weighted by Gasteiger charge is 2.02. The van der Waals surface area contributed by atoms with Gasteiger partial charge < -0.3 is 0 Å². The quantitative estimate of drug-likeness (QED) is 0.527.